The van der Waals surface area contributed by atoms with Gasteiger partial charge in [-0.3, -0.25) is 4.98 Å². The Kier molecular flexibility index (Phi) is 6.77. The number of nitrogens with zero attached hydrogens (tertiary/aromatic N) is 4. The minimum atomic E-state index is -0.788. The molecule has 33 heavy (non-hydrogen) atoms. The molecule has 3 aromatic heterocycles. The number of aliphatic hydroxyl groups excluding tert-OH is 1. The predicted molar refractivity (Wildman–Crippen MR) is 127 cm³/mol. The SMILES string of the molecule is COC1=C(c2ccnc(Cl)c2)C=CN[C@]1(C)Nc1nnc(OCc2ccc(C(C)O)cn2)s1. The molecule has 3 N–H and O–H groups in total. The lowest BCUT2D eigenvalue weighted by atomic mass is 9.96. The third-order valence-electron chi connectivity index (χ3n) is 5.00. The van der Waals surface area contributed by atoms with Crippen LogP contribution in [0.1, 0.15) is 36.8 Å². The van der Waals surface area contributed by atoms with E-state index in [1.54, 1.807) is 32.5 Å². The number of methoxy groups -OCH3 is 1. The van der Waals surface area contributed by atoms with E-state index in [2.05, 4.69) is 30.8 Å². The third-order valence-corrected chi connectivity index (χ3v) is 5.96. The lowest BCUT2D eigenvalue weighted by Gasteiger charge is -2.36. The number of allylic oxidation sites excluding steroid dienone is 2. The Labute approximate surface area is 200 Å². The lowest BCUT2D eigenvalue weighted by molar-refractivity contribution is 0.198. The topological polar surface area (TPSA) is 114 Å². The first-order chi connectivity index (χ1) is 15.9. The number of aliphatic hydroxyl groups is 1. The molecule has 0 spiro atoms. The summed E-state index contributed by atoms with van der Waals surface area (Å²) >= 11 is 7.35. The second-order valence-electron chi connectivity index (χ2n) is 7.46. The first kappa shape index (κ1) is 23.0. The Hall–Kier alpha value is -3.21. The van der Waals surface area contributed by atoms with Gasteiger partial charge in [0.05, 0.1) is 18.9 Å². The summed E-state index contributed by atoms with van der Waals surface area (Å²) in [5, 5.41) is 25.9. The van der Waals surface area contributed by atoms with Crippen LogP contribution in [0, 0.1) is 0 Å². The lowest BCUT2D eigenvalue weighted by Crippen LogP contribution is -2.50. The maximum atomic E-state index is 9.59. The van der Waals surface area contributed by atoms with Gasteiger partial charge in [0.15, 0.2) is 5.66 Å². The molecule has 1 aliphatic rings. The van der Waals surface area contributed by atoms with E-state index in [4.69, 9.17) is 21.1 Å². The van der Waals surface area contributed by atoms with Crippen LogP contribution in [-0.2, 0) is 11.3 Å². The van der Waals surface area contributed by atoms with E-state index < -0.39 is 11.8 Å². The van der Waals surface area contributed by atoms with Gasteiger partial charge >= 0.3 is 0 Å². The van der Waals surface area contributed by atoms with Gasteiger partial charge in [-0.1, -0.05) is 22.8 Å². The zero-order valence-corrected chi connectivity index (χ0v) is 19.8. The normalized spacial score (nSPS) is 18.6. The Morgan fingerprint density at radius 2 is 2.12 bits per heavy atom. The fourth-order valence-corrected chi connectivity index (χ4v) is 4.22. The summed E-state index contributed by atoms with van der Waals surface area (Å²) in [6, 6.07) is 7.28. The molecule has 1 unspecified atom stereocenters. The molecule has 0 radical (unpaired) electrons. The van der Waals surface area contributed by atoms with Crippen LogP contribution in [-0.4, -0.2) is 38.0 Å². The fraction of sp³-hybridized carbons (Fsp3) is 0.273. The highest BCUT2D eigenvalue weighted by Gasteiger charge is 2.35. The molecule has 0 amide bonds. The van der Waals surface area contributed by atoms with Crippen LogP contribution < -0.4 is 15.4 Å². The monoisotopic (exact) mass is 486 g/mol. The van der Waals surface area contributed by atoms with Crippen LogP contribution in [0.3, 0.4) is 0 Å². The van der Waals surface area contributed by atoms with Crippen molar-refractivity contribution >= 4 is 33.6 Å². The number of rotatable bonds is 8. The molecule has 0 saturated heterocycles. The smallest absolute Gasteiger partial charge is 0.296 e. The van der Waals surface area contributed by atoms with Crippen molar-refractivity contribution in [3.05, 3.63) is 76.7 Å². The van der Waals surface area contributed by atoms with Crippen LogP contribution in [0.4, 0.5) is 5.13 Å². The molecule has 11 heteroatoms. The van der Waals surface area contributed by atoms with Crippen molar-refractivity contribution in [1.82, 2.24) is 25.5 Å². The van der Waals surface area contributed by atoms with Crippen molar-refractivity contribution in [3.8, 4) is 5.19 Å². The molecule has 4 rings (SSSR count). The first-order valence-corrected chi connectivity index (χ1v) is 11.3. The molecule has 0 aromatic carbocycles. The molecular weight excluding hydrogens is 464 g/mol. The highest BCUT2D eigenvalue weighted by Crippen LogP contribution is 2.34. The number of hydrogen-bond acceptors (Lipinski definition) is 10. The number of pyridine rings is 2. The molecule has 1 aliphatic heterocycles. The minimum Gasteiger partial charge on any atom is -0.496 e. The van der Waals surface area contributed by atoms with Gasteiger partial charge in [0.2, 0.25) is 5.13 Å². The van der Waals surface area contributed by atoms with E-state index in [-0.39, 0.29) is 6.61 Å². The van der Waals surface area contributed by atoms with Gasteiger partial charge in [-0.2, -0.15) is 0 Å². The second-order valence-corrected chi connectivity index (χ2v) is 8.79. The van der Waals surface area contributed by atoms with Crippen LogP contribution >= 0.6 is 22.9 Å². The van der Waals surface area contributed by atoms with E-state index in [9.17, 15) is 5.11 Å². The molecule has 0 saturated carbocycles. The second kappa shape index (κ2) is 9.74. The van der Waals surface area contributed by atoms with Crippen molar-refractivity contribution in [3.63, 3.8) is 0 Å². The van der Waals surface area contributed by atoms with Crippen LogP contribution in [0.2, 0.25) is 5.15 Å². The quantitative estimate of drug-likeness (QED) is 0.407. The molecule has 0 fully saturated rings. The number of hydrogen-bond donors (Lipinski definition) is 3. The number of aromatic nitrogens is 4. The molecule has 0 aliphatic carbocycles. The highest BCUT2D eigenvalue weighted by atomic mass is 35.5. The number of nitrogens with one attached hydrogen (secondary N) is 2. The zero-order valence-electron chi connectivity index (χ0n) is 18.2. The number of dihydropyridines is 1. The van der Waals surface area contributed by atoms with Crippen molar-refractivity contribution in [2.24, 2.45) is 0 Å². The van der Waals surface area contributed by atoms with E-state index in [0.29, 0.717) is 21.2 Å². The van der Waals surface area contributed by atoms with Crippen molar-refractivity contribution in [1.29, 1.82) is 0 Å². The molecule has 4 heterocycles. The predicted octanol–water partition coefficient (Wildman–Crippen LogP) is 3.92. The maximum Gasteiger partial charge on any atom is 0.296 e. The number of halogens is 1. The largest absolute Gasteiger partial charge is 0.496 e. The molecule has 2 atom stereocenters. The summed E-state index contributed by atoms with van der Waals surface area (Å²) < 4.78 is 11.5. The number of anilines is 1. The molecule has 0 bridgehead atoms. The van der Waals surface area contributed by atoms with Crippen molar-refractivity contribution in [2.75, 3.05) is 12.4 Å². The average molecular weight is 487 g/mol. The van der Waals surface area contributed by atoms with Crippen molar-refractivity contribution < 1.29 is 14.6 Å². The van der Waals surface area contributed by atoms with Gasteiger partial charge in [-0.25, -0.2) is 4.98 Å². The van der Waals surface area contributed by atoms with E-state index >= 15 is 0 Å². The van der Waals surface area contributed by atoms with Gasteiger partial charge in [0.1, 0.15) is 17.5 Å². The molecular formula is C22H23ClN6O3S. The van der Waals surface area contributed by atoms with E-state index in [0.717, 1.165) is 22.4 Å². The Morgan fingerprint density at radius 1 is 1.27 bits per heavy atom. The van der Waals surface area contributed by atoms with Crippen molar-refractivity contribution in [2.45, 2.75) is 32.2 Å². The summed E-state index contributed by atoms with van der Waals surface area (Å²) in [6.07, 6.45) is 6.47. The van der Waals surface area contributed by atoms with Crippen LogP contribution in [0.5, 0.6) is 5.19 Å². The van der Waals surface area contributed by atoms with Gasteiger partial charge in [0, 0.05) is 18.0 Å². The minimum absolute atomic E-state index is 0.239. The summed E-state index contributed by atoms with van der Waals surface area (Å²) in [7, 11) is 1.61. The Morgan fingerprint density at radius 3 is 2.82 bits per heavy atom. The zero-order chi connectivity index (χ0) is 23.4. The van der Waals surface area contributed by atoms with Gasteiger partial charge in [-0.05, 0) is 66.8 Å². The van der Waals surface area contributed by atoms with Crippen LogP contribution in [0.15, 0.2) is 54.7 Å². The molecule has 172 valence electrons. The summed E-state index contributed by atoms with van der Waals surface area (Å²) in [5.74, 6) is 0.660. The third kappa shape index (κ3) is 5.24. The molecule has 9 nitrogen and oxygen atoms in total. The van der Waals surface area contributed by atoms with Gasteiger partial charge in [-0.15, -0.1) is 5.10 Å². The fourth-order valence-electron chi connectivity index (χ4n) is 3.34. The Balaban J connectivity index is 1.47. The summed E-state index contributed by atoms with van der Waals surface area (Å²) in [5.41, 5.74) is 2.43. The summed E-state index contributed by atoms with van der Waals surface area (Å²) in [4.78, 5) is 8.34. The van der Waals surface area contributed by atoms with E-state index in [1.165, 1.54) is 11.3 Å². The maximum absolute atomic E-state index is 9.59. The first-order valence-electron chi connectivity index (χ1n) is 10.1. The van der Waals surface area contributed by atoms with Gasteiger partial charge in [0.25, 0.3) is 5.19 Å². The van der Waals surface area contributed by atoms with E-state index in [1.807, 2.05) is 37.4 Å². The van der Waals surface area contributed by atoms with Gasteiger partial charge < -0.3 is 25.2 Å². The molecule has 3 aromatic rings. The van der Waals surface area contributed by atoms with Crippen LogP contribution in [0.25, 0.3) is 5.57 Å². The average Bonchev–Trinajstić information content (AvgIpc) is 3.24. The summed E-state index contributed by atoms with van der Waals surface area (Å²) in [6.45, 7) is 3.87. The standard InChI is InChI=1S/C22H23ClN6O3S/c1-13(30)15-4-5-16(25-11-15)12-32-21-29-28-20(33-21)27-22(2)19(31-3)17(7-9-26-22)14-6-8-24-18(23)10-14/h4-11,13,26,30H,12H2,1-3H3,(H,27,28)/t13?,22-/m1/s1. The highest BCUT2D eigenvalue weighted by molar-refractivity contribution is 7.16. The number of ether oxygens (including phenoxy) is 2. The Bertz CT molecular complexity index is 1180.